The number of phenols is 1. The third-order valence-electron chi connectivity index (χ3n) is 4.19. The first-order chi connectivity index (χ1) is 10.2. The molecule has 0 bridgehead atoms. The van der Waals surface area contributed by atoms with E-state index in [-0.39, 0.29) is 5.75 Å². The Morgan fingerprint density at radius 1 is 1.38 bits per heavy atom. The second-order valence-corrected chi connectivity index (χ2v) is 5.37. The van der Waals surface area contributed by atoms with Crippen molar-refractivity contribution in [3.05, 3.63) is 41.1 Å². The number of aliphatic hydroxyl groups excluding tert-OH is 1. The molecule has 2 aliphatic rings. The zero-order valence-electron chi connectivity index (χ0n) is 11.5. The van der Waals surface area contributed by atoms with Gasteiger partial charge in [0.25, 0.3) is 0 Å². The van der Waals surface area contributed by atoms with Crippen LogP contribution in [0.3, 0.4) is 0 Å². The van der Waals surface area contributed by atoms with Crippen molar-refractivity contribution >= 4 is 0 Å². The van der Waals surface area contributed by atoms with Crippen molar-refractivity contribution in [1.82, 2.24) is 4.98 Å². The maximum atomic E-state index is 10.0. The van der Waals surface area contributed by atoms with Crippen LogP contribution in [0.25, 0.3) is 11.3 Å². The summed E-state index contributed by atoms with van der Waals surface area (Å²) >= 11 is 0. The number of pyridine rings is 1. The smallest absolute Gasteiger partial charge is 0.228 e. The number of fused-ring (bicyclic) bond motifs is 5. The first-order valence-corrected chi connectivity index (χ1v) is 6.91. The minimum Gasteiger partial charge on any atom is -0.508 e. The summed E-state index contributed by atoms with van der Waals surface area (Å²) in [6.45, 7) is 0. The lowest BCUT2D eigenvalue weighted by Gasteiger charge is -2.28. The topological polar surface area (TPSA) is 71.8 Å². The number of ether oxygens (including phenoxy) is 2. The number of phenolic OH excluding ortho intramolecular Hbond substituents is 1. The Balaban J connectivity index is 2.00. The van der Waals surface area contributed by atoms with Gasteiger partial charge in [-0.15, -0.1) is 0 Å². The number of aliphatic hydroxyl groups is 1. The Bertz CT molecular complexity index is 728. The molecule has 21 heavy (non-hydrogen) atoms. The van der Waals surface area contributed by atoms with Gasteiger partial charge in [-0.05, 0) is 36.6 Å². The highest BCUT2D eigenvalue weighted by Gasteiger charge is 2.34. The zero-order chi connectivity index (χ0) is 14.6. The molecule has 2 aromatic rings. The van der Waals surface area contributed by atoms with Crippen molar-refractivity contribution in [2.24, 2.45) is 0 Å². The first-order valence-electron chi connectivity index (χ1n) is 6.91. The number of methoxy groups -OCH3 is 1. The van der Waals surface area contributed by atoms with Crippen LogP contribution in [0.5, 0.6) is 11.5 Å². The fraction of sp³-hybridized carbons (Fsp3) is 0.312. The van der Waals surface area contributed by atoms with E-state index in [1.165, 1.54) is 0 Å². The Morgan fingerprint density at radius 2 is 2.24 bits per heavy atom. The Labute approximate surface area is 121 Å². The van der Waals surface area contributed by atoms with Gasteiger partial charge >= 0.3 is 0 Å². The summed E-state index contributed by atoms with van der Waals surface area (Å²) in [6, 6.07) is 4.93. The minimum atomic E-state index is -0.537. The molecule has 1 aromatic carbocycles. The largest absolute Gasteiger partial charge is 0.508 e. The Kier molecular flexibility index (Phi) is 2.67. The number of aromatic nitrogens is 1. The van der Waals surface area contributed by atoms with E-state index < -0.39 is 12.4 Å². The fourth-order valence-electron chi connectivity index (χ4n) is 3.20. The van der Waals surface area contributed by atoms with E-state index in [1.807, 2.05) is 0 Å². The van der Waals surface area contributed by atoms with Gasteiger partial charge < -0.3 is 19.7 Å². The summed E-state index contributed by atoms with van der Waals surface area (Å²) in [6.07, 6.45) is 2.18. The van der Waals surface area contributed by atoms with Gasteiger partial charge in [-0.1, -0.05) is 0 Å². The Hall–Kier alpha value is -2.11. The SMILES string of the molecule is COC1Oc2ccc(O)cc2-c2ncc3c(c21)CCC3O. The predicted molar refractivity (Wildman–Crippen MR) is 75.0 cm³/mol. The summed E-state index contributed by atoms with van der Waals surface area (Å²) in [5, 5.41) is 19.7. The van der Waals surface area contributed by atoms with Crippen molar-refractivity contribution in [3.63, 3.8) is 0 Å². The van der Waals surface area contributed by atoms with E-state index >= 15 is 0 Å². The number of nitrogens with zero attached hydrogens (tertiary/aromatic N) is 1. The van der Waals surface area contributed by atoms with Crippen LogP contribution in [0.1, 0.15) is 35.5 Å². The van der Waals surface area contributed by atoms with Crippen LogP contribution in [-0.4, -0.2) is 22.3 Å². The van der Waals surface area contributed by atoms with Gasteiger partial charge in [-0.3, -0.25) is 4.98 Å². The minimum absolute atomic E-state index is 0.168. The van der Waals surface area contributed by atoms with Crippen molar-refractivity contribution in [2.75, 3.05) is 7.11 Å². The molecule has 2 unspecified atom stereocenters. The van der Waals surface area contributed by atoms with Crippen molar-refractivity contribution in [1.29, 1.82) is 0 Å². The molecule has 0 saturated heterocycles. The number of aromatic hydroxyl groups is 1. The molecule has 0 spiro atoms. The van der Waals surface area contributed by atoms with E-state index in [1.54, 1.807) is 31.5 Å². The van der Waals surface area contributed by atoms with Gasteiger partial charge in [-0.2, -0.15) is 0 Å². The molecule has 1 aromatic heterocycles. The molecule has 0 saturated carbocycles. The molecular weight excluding hydrogens is 270 g/mol. The number of benzene rings is 1. The summed E-state index contributed by atoms with van der Waals surface area (Å²) in [5.74, 6) is 0.805. The predicted octanol–water partition coefficient (Wildman–Crippen LogP) is 2.47. The monoisotopic (exact) mass is 285 g/mol. The number of rotatable bonds is 1. The molecular formula is C16H15NO4. The van der Waals surface area contributed by atoms with E-state index in [2.05, 4.69) is 4.98 Å². The fourth-order valence-corrected chi connectivity index (χ4v) is 3.20. The second kappa shape index (κ2) is 4.44. The molecule has 5 nitrogen and oxygen atoms in total. The van der Waals surface area contributed by atoms with Crippen LogP contribution in [-0.2, 0) is 11.2 Å². The van der Waals surface area contributed by atoms with Crippen LogP contribution < -0.4 is 4.74 Å². The number of hydrogen-bond donors (Lipinski definition) is 2. The normalized spacial score (nSPS) is 22.2. The van der Waals surface area contributed by atoms with Gasteiger partial charge in [0.15, 0.2) is 0 Å². The van der Waals surface area contributed by atoms with Crippen LogP contribution in [0, 0.1) is 0 Å². The summed E-state index contributed by atoms with van der Waals surface area (Å²) in [5.41, 5.74) is 4.27. The van der Waals surface area contributed by atoms with Gasteiger partial charge in [-0.25, -0.2) is 0 Å². The average Bonchev–Trinajstić information content (AvgIpc) is 2.88. The molecule has 5 heteroatoms. The standard InChI is InChI=1S/C16H15NO4/c1-20-16-14-9-3-4-12(19)11(9)7-17-15(14)10-6-8(18)2-5-13(10)21-16/h2,5-7,12,16,18-19H,3-4H2,1H3. The molecule has 1 aliphatic heterocycles. The molecule has 0 radical (unpaired) electrons. The molecule has 108 valence electrons. The van der Waals surface area contributed by atoms with Crippen molar-refractivity contribution in [3.8, 4) is 22.8 Å². The van der Waals surface area contributed by atoms with Crippen LogP contribution in [0.4, 0.5) is 0 Å². The third kappa shape index (κ3) is 1.74. The zero-order valence-corrected chi connectivity index (χ0v) is 11.5. The van der Waals surface area contributed by atoms with Crippen LogP contribution in [0.2, 0.25) is 0 Å². The summed E-state index contributed by atoms with van der Waals surface area (Å²) in [4.78, 5) is 4.49. The maximum absolute atomic E-state index is 10.0. The van der Waals surface area contributed by atoms with Gasteiger partial charge in [0.1, 0.15) is 11.5 Å². The van der Waals surface area contributed by atoms with E-state index in [0.717, 1.165) is 34.4 Å². The second-order valence-electron chi connectivity index (χ2n) is 5.37. The number of hydrogen-bond acceptors (Lipinski definition) is 5. The van der Waals surface area contributed by atoms with Crippen LogP contribution in [0.15, 0.2) is 24.4 Å². The molecule has 2 atom stereocenters. The lowest BCUT2D eigenvalue weighted by molar-refractivity contribution is -0.0586. The Morgan fingerprint density at radius 3 is 3.05 bits per heavy atom. The molecule has 2 N–H and O–H groups in total. The highest BCUT2D eigenvalue weighted by Crippen LogP contribution is 2.47. The van der Waals surface area contributed by atoms with Gasteiger partial charge in [0.2, 0.25) is 6.29 Å². The molecule has 0 fully saturated rings. The lowest BCUT2D eigenvalue weighted by Crippen LogP contribution is -2.19. The first kappa shape index (κ1) is 12.6. The lowest BCUT2D eigenvalue weighted by atomic mass is 9.95. The van der Waals surface area contributed by atoms with Crippen LogP contribution >= 0.6 is 0 Å². The molecule has 0 amide bonds. The molecule has 4 rings (SSSR count). The van der Waals surface area contributed by atoms with Crippen molar-refractivity contribution in [2.45, 2.75) is 25.2 Å². The maximum Gasteiger partial charge on any atom is 0.228 e. The van der Waals surface area contributed by atoms with E-state index in [9.17, 15) is 10.2 Å². The summed E-state index contributed by atoms with van der Waals surface area (Å²) in [7, 11) is 1.59. The van der Waals surface area contributed by atoms with Crippen molar-refractivity contribution < 1.29 is 19.7 Å². The quantitative estimate of drug-likeness (QED) is 0.842. The van der Waals surface area contributed by atoms with E-state index in [0.29, 0.717) is 12.2 Å². The van der Waals surface area contributed by atoms with Gasteiger partial charge in [0.05, 0.1) is 17.4 Å². The molecule has 2 heterocycles. The highest BCUT2D eigenvalue weighted by molar-refractivity contribution is 5.75. The van der Waals surface area contributed by atoms with Gasteiger partial charge in [0, 0.05) is 24.4 Å². The third-order valence-corrected chi connectivity index (χ3v) is 4.19. The highest BCUT2D eigenvalue weighted by atomic mass is 16.7. The average molecular weight is 285 g/mol. The van der Waals surface area contributed by atoms with E-state index in [4.69, 9.17) is 9.47 Å². The summed E-state index contributed by atoms with van der Waals surface area (Å²) < 4.78 is 11.3. The molecule has 1 aliphatic carbocycles.